The Morgan fingerprint density at radius 2 is 2.19 bits per heavy atom. The van der Waals surface area contributed by atoms with Crippen molar-refractivity contribution in [2.75, 3.05) is 11.4 Å². The number of hydrogen-bond acceptors (Lipinski definition) is 2. The number of aliphatic hydroxyl groups excluding tert-OH is 1. The van der Waals surface area contributed by atoms with E-state index in [0.717, 1.165) is 25.8 Å². The van der Waals surface area contributed by atoms with E-state index in [1.54, 1.807) is 0 Å². The number of benzene rings is 1. The second kappa shape index (κ2) is 4.88. The van der Waals surface area contributed by atoms with Crippen LogP contribution in [0.15, 0.2) is 24.3 Å². The molecule has 1 fully saturated rings. The van der Waals surface area contributed by atoms with E-state index >= 15 is 0 Å². The van der Waals surface area contributed by atoms with Gasteiger partial charge in [0.2, 0.25) is 0 Å². The van der Waals surface area contributed by atoms with Crippen LogP contribution in [0, 0.1) is 6.92 Å². The van der Waals surface area contributed by atoms with Gasteiger partial charge in [-0.15, -0.1) is 0 Å². The number of nitrogens with zero attached hydrogens (tertiary/aromatic N) is 1. The van der Waals surface area contributed by atoms with Crippen molar-refractivity contribution in [1.82, 2.24) is 0 Å². The highest BCUT2D eigenvalue weighted by Crippen LogP contribution is 2.28. The first kappa shape index (κ1) is 11.5. The lowest BCUT2D eigenvalue weighted by molar-refractivity contribution is 0.161. The summed E-state index contributed by atoms with van der Waals surface area (Å²) in [6, 6.07) is 8.86. The van der Waals surface area contributed by atoms with Crippen LogP contribution in [0.1, 0.15) is 31.7 Å². The lowest BCUT2D eigenvalue weighted by Gasteiger charge is -2.32. The Morgan fingerprint density at radius 1 is 1.38 bits per heavy atom. The summed E-state index contributed by atoms with van der Waals surface area (Å²) in [5.41, 5.74) is 2.52. The van der Waals surface area contributed by atoms with Gasteiger partial charge in [-0.1, -0.05) is 12.1 Å². The normalized spacial score (nSPS) is 24.7. The maximum absolute atomic E-state index is 9.98. The third-order valence-corrected chi connectivity index (χ3v) is 3.52. The number of aryl methyl sites for hydroxylation is 1. The van der Waals surface area contributed by atoms with Gasteiger partial charge in [-0.3, -0.25) is 0 Å². The van der Waals surface area contributed by atoms with Crippen LogP contribution in [0.25, 0.3) is 0 Å². The smallest absolute Gasteiger partial charge is 0.0743 e. The Morgan fingerprint density at radius 3 is 2.75 bits per heavy atom. The molecule has 0 amide bonds. The van der Waals surface area contributed by atoms with E-state index in [1.165, 1.54) is 11.3 Å². The molecule has 0 aromatic heterocycles. The Balaban J connectivity index is 2.21. The van der Waals surface area contributed by atoms with E-state index in [2.05, 4.69) is 43.0 Å². The maximum Gasteiger partial charge on any atom is 0.0743 e. The molecular weight excluding hydrogens is 198 g/mol. The Labute approximate surface area is 97.9 Å². The van der Waals surface area contributed by atoms with Crippen molar-refractivity contribution in [1.29, 1.82) is 0 Å². The molecule has 16 heavy (non-hydrogen) atoms. The minimum atomic E-state index is -0.152. The highest BCUT2D eigenvalue weighted by Gasteiger charge is 2.29. The van der Waals surface area contributed by atoms with E-state index in [0.29, 0.717) is 6.04 Å². The topological polar surface area (TPSA) is 23.5 Å². The molecule has 0 heterocycles. The SMILES string of the molecule is CCN(c1cccc(C)c1)C1CCCC1O. The Kier molecular flexibility index (Phi) is 3.49. The van der Waals surface area contributed by atoms with Gasteiger partial charge >= 0.3 is 0 Å². The van der Waals surface area contributed by atoms with Gasteiger partial charge in [-0.25, -0.2) is 0 Å². The number of hydrogen-bond donors (Lipinski definition) is 1. The van der Waals surface area contributed by atoms with Crippen molar-refractivity contribution in [3.8, 4) is 0 Å². The standard InChI is InChI=1S/C14H21NO/c1-3-15(13-8-5-9-14(13)16)12-7-4-6-11(2)10-12/h4,6-7,10,13-14,16H,3,5,8-9H2,1-2H3. The number of aliphatic hydroxyl groups is 1. The first-order valence-electron chi connectivity index (χ1n) is 6.23. The van der Waals surface area contributed by atoms with Gasteiger partial charge in [0.1, 0.15) is 0 Å². The summed E-state index contributed by atoms with van der Waals surface area (Å²) in [6.45, 7) is 5.24. The second-order valence-corrected chi connectivity index (χ2v) is 4.69. The number of likely N-dealkylation sites (N-methyl/N-ethyl adjacent to an activating group) is 1. The molecule has 1 N–H and O–H groups in total. The number of rotatable bonds is 3. The van der Waals surface area contributed by atoms with Crippen molar-refractivity contribution in [3.63, 3.8) is 0 Å². The third kappa shape index (κ3) is 2.22. The molecule has 1 aliphatic carbocycles. The zero-order valence-electron chi connectivity index (χ0n) is 10.2. The van der Waals surface area contributed by atoms with E-state index in [9.17, 15) is 5.11 Å². The summed E-state index contributed by atoms with van der Waals surface area (Å²) < 4.78 is 0. The molecule has 0 bridgehead atoms. The third-order valence-electron chi connectivity index (χ3n) is 3.52. The van der Waals surface area contributed by atoms with Crippen molar-refractivity contribution in [2.45, 2.75) is 45.3 Å². The maximum atomic E-state index is 9.98. The molecule has 2 rings (SSSR count). The zero-order valence-corrected chi connectivity index (χ0v) is 10.2. The fourth-order valence-electron chi connectivity index (χ4n) is 2.70. The van der Waals surface area contributed by atoms with Crippen LogP contribution in [0.5, 0.6) is 0 Å². The van der Waals surface area contributed by atoms with Gasteiger partial charge in [0, 0.05) is 12.2 Å². The monoisotopic (exact) mass is 219 g/mol. The van der Waals surface area contributed by atoms with Gasteiger partial charge in [-0.2, -0.15) is 0 Å². The Bertz CT molecular complexity index is 350. The summed E-state index contributed by atoms with van der Waals surface area (Å²) in [5.74, 6) is 0. The molecule has 1 aromatic rings. The van der Waals surface area contributed by atoms with Crippen LogP contribution >= 0.6 is 0 Å². The fourth-order valence-corrected chi connectivity index (χ4v) is 2.70. The number of anilines is 1. The van der Waals surface area contributed by atoms with Gasteiger partial charge in [-0.05, 0) is 50.8 Å². The van der Waals surface area contributed by atoms with Crippen LogP contribution in [-0.2, 0) is 0 Å². The molecular formula is C14H21NO. The van der Waals surface area contributed by atoms with Gasteiger partial charge in [0.25, 0.3) is 0 Å². The van der Waals surface area contributed by atoms with E-state index in [1.807, 2.05) is 0 Å². The summed E-state index contributed by atoms with van der Waals surface area (Å²) in [4.78, 5) is 2.34. The lowest BCUT2D eigenvalue weighted by atomic mass is 10.1. The van der Waals surface area contributed by atoms with Gasteiger partial charge < -0.3 is 10.0 Å². The first-order valence-corrected chi connectivity index (χ1v) is 6.23. The molecule has 0 radical (unpaired) electrons. The van der Waals surface area contributed by atoms with Gasteiger partial charge in [0.15, 0.2) is 0 Å². The van der Waals surface area contributed by atoms with Crippen LogP contribution in [0.2, 0.25) is 0 Å². The largest absolute Gasteiger partial charge is 0.391 e. The molecule has 0 aliphatic heterocycles. The first-order chi connectivity index (χ1) is 7.72. The highest BCUT2D eigenvalue weighted by atomic mass is 16.3. The molecule has 2 atom stereocenters. The summed E-state index contributed by atoms with van der Waals surface area (Å²) in [6.07, 6.45) is 3.06. The lowest BCUT2D eigenvalue weighted by Crippen LogP contribution is -2.40. The van der Waals surface area contributed by atoms with Crippen molar-refractivity contribution >= 4 is 5.69 Å². The average molecular weight is 219 g/mol. The minimum Gasteiger partial charge on any atom is -0.391 e. The molecule has 2 heteroatoms. The van der Waals surface area contributed by atoms with Crippen LogP contribution in [-0.4, -0.2) is 23.8 Å². The Hall–Kier alpha value is -1.02. The van der Waals surface area contributed by atoms with Crippen LogP contribution in [0.3, 0.4) is 0 Å². The van der Waals surface area contributed by atoms with Gasteiger partial charge in [0.05, 0.1) is 12.1 Å². The van der Waals surface area contributed by atoms with E-state index in [4.69, 9.17) is 0 Å². The predicted molar refractivity (Wildman–Crippen MR) is 67.8 cm³/mol. The van der Waals surface area contributed by atoms with Crippen molar-refractivity contribution in [3.05, 3.63) is 29.8 Å². The second-order valence-electron chi connectivity index (χ2n) is 4.69. The predicted octanol–water partition coefficient (Wildman–Crippen LogP) is 2.73. The molecule has 2 unspecified atom stereocenters. The van der Waals surface area contributed by atoms with Crippen molar-refractivity contribution < 1.29 is 5.11 Å². The highest BCUT2D eigenvalue weighted by molar-refractivity contribution is 5.49. The van der Waals surface area contributed by atoms with E-state index < -0.39 is 0 Å². The summed E-state index contributed by atoms with van der Waals surface area (Å²) in [5, 5.41) is 9.98. The fraction of sp³-hybridized carbons (Fsp3) is 0.571. The van der Waals surface area contributed by atoms with Crippen molar-refractivity contribution in [2.24, 2.45) is 0 Å². The molecule has 0 saturated heterocycles. The summed E-state index contributed by atoms with van der Waals surface area (Å²) >= 11 is 0. The molecule has 0 spiro atoms. The average Bonchev–Trinajstić information content (AvgIpc) is 2.67. The molecule has 2 nitrogen and oxygen atoms in total. The molecule has 1 aromatic carbocycles. The zero-order chi connectivity index (χ0) is 11.5. The summed E-state index contributed by atoms with van der Waals surface area (Å²) in [7, 11) is 0. The van der Waals surface area contributed by atoms with E-state index in [-0.39, 0.29) is 6.10 Å². The molecule has 1 aliphatic rings. The van der Waals surface area contributed by atoms with Crippen LogP contribution < -0.4 is 4.90 Å². The quantitative estimate of drug-likeness (QED) is 0.845. The van der Waals surface area contributed by atoms with Crippen LogP contribution in [0.4, 0.5) is 5.69 Å². The molecule has 88 valence electrons. The molecule has 1 saturated carbocycles. The minimum absolute atomic E-state index is 0.152.